The predicted octanol–water partition coefficient (Wildman–Crippen LogP) is 2.08. The molecule has 0 saturated carbocycles. The van der Waals surface area contributed by atoms with Crippen molar-refractivity contribution < 1.29 is 19.2 Å². The number of methoxy groups -OCH3 is 2. The molecule has 0 spiro atoms. The second-order valence-electron chi connectivity index (χ2n) is 5.78. The van der Waals surface area contributed by atoms with Crippen LogP contribution in [0, 0.1) is 0 Å². The van der Waals surface area contributed by atoms with Gasteiger partial charge in [0.05, 0.1) is 21.3 Å². The molecule has 2 aromatic rings. The Bertz CT molecular complexity index is 704. The zero-order chi connectivity index (χ0) is 18.2. The lowest BCUT2D eigenvalue weighted by molar-refractivity contribution is -0.885. The zero-order valence-corrected chi connectivity index (χ0v) is 15.9. The van der Waals surface area contributed by atoms with E-state index in [1.807, 2.05) is 7.05 Å². The van der Waals surface area contributed by atoms with E-state index in [-0.39, 0.29) is 5.91 Å². The molecule has 5 nitrogen and oxygen atoms in total. The highest BCUT2D eigenvalue weighted by molar-refractivity contribution is 7.98. The van der Waals surface area contributed by atoms with E-state index in [1.54, 1.807) is 44.2 Å². The monoisotopic (exact) mass is 361 g/mol. The van der Waals surface area contributed by atoms with Crippen molar-refractivity contribution in [2.75, 3.05) is 39.4 Å². The molecule has 0 aliphatic carbocycles. The first-order valence-electron chi connectivity index (χ1n) is 8.01. The van der Waals surface area contributed by atoms with Gasteiger partial charge in [-0.2, -0.15) is 0 Å². The van der Waals surface area contributed by atoms with Gasteiger partial charge in [-0.15, -0.1) is 11.8 Å². The smallest absolute Gasteiger partial charge is 0.279 e. The minimum atomic E-state index is -0.0366. The van der Waals surface area contributed by atoms with Crippen LogP contribution in [-0.4, -0.2) is 40.0 Å². The molecule has 6 heteroatoms. The number of carbonyl (C=O) groups is 1. The van der Waals surface area contributed by atoms with E-state index in [9.17, 15) is 4.79 Å². The number of nitrogens with one attached hydrogen (secondary N) is 2. The summed E-state index contributed by atoms with van der Waals surface area (Å²) in [5, 5.41) is 2.90. The summed E-state index contributed by atoms with van der Waals surface area (Å²) in [4.78, 5) is 14.6. The van der Waals surface area contributed by atoms with Crippen LogP contribution in [0.1, 0.15) is 5.56 Å². The fourth-order valence-electron chi connectivity index (χ4n) is 2.55. The van der Waals surface area contributed by atoms with Crippen LogP contribution in [0.15, 0.2) is 47.4 Å². The molecule has 0 aliphatic rings. The zero-order valence-electron chi connectivity index (χ0n) is 15.1. The van der Waals surface area contributed by atoms with Crippen LogP contribution < -0.4 is 19.7 Å². The number of carbonyl (C=O) groups excluding carboxylic acids is 1. The van der Waals surface area contributed by atoms with Crippen molar-refractivity contribution in [1.29, 1.82) is 0 Å². The van der Waals surface area contributed by atoms with E-state index in [0.29, 0.717) is 23.7 Å². The Kier molecular flexibility index (Phi) is 7.16. The second-order valence-corrected chi connectivity index (χ2v) is 6.66. The fraction of sp³-hybridized carbons (Fsp3) is 0.316. The van der Waals surface area contributed by atoms with Gasteiger partial charge >= 0.3 is 0 Å². The highest BCUT2D eigenvalue weighted by atomic mass is 32.2. The molecular formula is C19H25N2O3S+. The minimum absolute atomic E-state index is 0.0366. The Morgan fingerprint density at radius 3 is 2.36 bits per heavy atom. The quantitative estimate of drug-likeness (QED) is 0.707. The summed E-state index contributed by atoms with van der Waals surface area (Å²) in [6, 6.07) is 13.8. The summed E-state index contributed by atoms with van der Waals surface area (Å²) in [5.74, 6) is 1.19. The molecule has 0 aliphatic heterocycles. The van der Waals surface area contributed by atoms with Crippen LogP contribution in [0.2, 0.25) is 0 Å². The summed E-state index contributed by atoms with van der Waals surface area (Å²) in [7, 11) is 5.17. The van der Waals surface area contributed by atoms with Crippen molar-refractivity contribution in [3.8, 4) is 11.5 Å². The Hall–Kier alpha value is -2.18. The molecule has 134 valence electrons. The maximum Gasteiger partial charge on any atom is 0.279 e. The summed E-state index contributed by atoms with van der Waals surface area (Å²) in [6.07, 6.45) is 2.06. The third-order valence-electron chi connectivity index (χ3n) is 3.79. The molecule has 2 aromatic carbocycles. The third kappa shape index (κ3) is 5.69. The highest BCUT2D eigenvalue weighted by Crippen LogP contribution is 2.29. The van der Waals surface area contributed by atoms with Gasteiger partial charge in [0.25, 0.3) is 5.91 Å². The first-order valence-corrected chi connectivity index (χ1v) is 9.24. The summed E-state index contributed by atoms with van der Waals surface area (Å²) in [5.41, 5.74) is 1.91. The topological polar surface area (TPSA) is 52.0 Å². The van der Waals surface area contributed by atoms with E-state index < -0.39 is 0 Å². The number of amides is 1. The van der Waals surface area contributed by atoms with Gasteiger partial charge in [-0.25, -0.2) is 0 Å². The molecule has 2 N–H and O–H groups in total. The predicted molar refractivity (Wildman–Crippen MR) is 102 cm³/mol. The maximum absolute atomic E-state index is 12.3. The van der Waals surface area contributed by atoms with Gasteiger partial charge in [-0.1, -0.05) is 12.1 Å². The van der Waals surface area contributed by atoms with Crippen molar-refractivity contribution in [2.24, 2.45) is 0 Å². The van der Waals surface area contributed by atoms with Crippen LogP contribution in [-0.2, 0) is 11.3 Å². The van der Waals surface area contributed by atoms with Crippen LogP contribution in [0.25, 0.3) is 0 Å². The average molecular weight is 361 g/mol. The number of hydrogen-bond acceptors (Lipinski definition) is 4. The number of thioether (sulfide) groups is 1. The number of anilines is 1. The Morgan fingerprint density at radius 1 is 1.08 bits per heavy atom. The molecular weight excluding hydrogens is 336 g/mol. The van der Waals surface area contributed by atoms with E-state index in [0.717, 1.165) is 11.4 Å². The average Bonchev–Trinajstić information content (AvgIpc) is 2.62. The van der Waals surface area contributed by atoms with Gasteiger partial charge in [0.15, 0.2) is 18.0 Å². The summed E-state index contributed by atoms with van der Waals surface area (Å²) < 4.78 is 10.5. The molecule has 1 atom stereocenters. The highest BCUT2D eigenvalue weighted by Gasteiger charge is 2.12. The van der Waals surface area contributed by atoms with Crippen LogP contribution in [0.5, 0.6) is 11.5 Å². The van der Waals surface area contributed by atoms with Crippen LogP contribution in [0.3, 0.4) is 0 Å². The summed E-state index contributed by atoms with van der Waals surface area (Å²) >= 11 is 1.72. The molecule has 1 amide bonds. The lowest BCUT2D eigenvalue weighted by Crippen LogP contribution is -3.08. The molecule has 2 rings (SSSR count). The van der Waals surface area contributed by atoms with Gasteiger partial charge in [0.2, 0.25) is 0 Å². The van der Waals surface area contributed by atoms with E-state index >= 15 is 0 Å². The normalized spacial score (nSPS) is 11.7. The number of ether oxygens (including phenoxy) is 2. The second kappa shape index (κ2) is 9.34. The SMILES string of the molecule is COc1ccc(NC(=O)C[NH+](C)Cc2ccc(SC)cc2)cc1OC. The van der Waals surface area contributed by atoms with E-state index in [4.69, 9.17) is 9.47 Å². The first kappa shape index (κ1) is 19.1. The standard InChI is InChI=1S/C19H24N2O3S/c1-21(12-14-5-8-16(25-4)9-6-14)13-19(22)20-15-7-10-17(23-2)18(11-15)24-3/h5-11H,12-13H2,1-4H3,(H,20,22)/p+1. The molecule has 1 unspecified atom stereocenters. The Balaban J connectivity index is 1.90. The molecule has 0 saturated heterocycles. The number of quaternary nitrogens is 1. The number of likely N-dealkylation sites (N-methyl/N-ethyl adjacent to an activating group) is 1. The fourth-order valence-corrected chi connectivity index (χ4v) is 2.96. The van der Waals surface area contributed by atoms with Crippen molar-refractivity contribution in [3.63, 3.8) is 0 Å². The van der Waals surface area contributed by atoms with Crippen molar-refractivity contribution in [1.82, 2.24) is 0 Å². The molecule has 0 aromatic heterocycles. The van der Waals surface area contributed by atoms with Crippen LogP contribution >= 0.6 is 11.8 Å². The largest absolute Gasteiger partial charge is 0.493 e. The number of benzene rings is 2. The van der Waals surface area contributed by atoms with Crippen LogP contribution in [0.4, 0.5) is 5.69 Å². The number of rotatable bonds is 8. The van der Waals surface area contributed by atoms with E-state index in [2.05, 4.69) is 35.8 Å². The lowest BCUT2D eigenvalue weighted by Gasteiger charge is -2.15. The number of hydrogen-bond donors (Lipinski definition) is 2. The minimum Gasteiger partial charge on any atom is -0.493 e. The van der Waals surface area contributed by atoms with Gasteiger partial charge in [-0.3, -0.25) is 4.79 Å². The van der Waals surface area contributed by atoms with E-state index in [1.165, 1.54) is 10.5 Å². The molecule has 0 bridgehead atoms. The van der Waals surface area contributed by atoms with Crippen molar-refractivity contribution in [3.05, 3.63) is 48.0 Å². The molecule has 25 heavy (non-hydrogen) atoms. The molecule has 0 fully saturated rings. The maximum atomic E-state index is 12.3. The van der Waals surface area contributed by atoms with Gasteiger partial charge in [-0.05, 0) is 30.5 Å². The third-order valence-corrected chi connectivity index (χ3v) is 4.54. The first-order chi connectivity index (χ1) is 12.0. The molecule has 0 heterocycles. The summed E-state index contributed by atoms with van der Waals surface area (Å²) in [6.45, 7) is 1.19. The van der Waals surface area contributed by atoms with Gasteiger partial charge < -0.3 is 19.7 Å². The van der Waals surface area contributed by atoms with Crippen molar-refractivity contribution in [2.45, 2.75) is 11.4 Å². The van der Waals surface area contributed by atoms with Crippen molar-refractivity contribution >= 4 is 23.4 Å². The van der Waals surface area contributed by atoms with Gasteiger partial charge in [0, 0.05) is 22.2 Å². The molecule has 0 radical (unpaired) electrons. The van der Waals surface area contributed by atoms with Gasteiger partial charge in [0.1, 0.15) is 6.54 Å². The lowest BCUT2D eigenvalue weighted by atomic mass is 10.2. The Labute approximate surface area is 153 Å². The Morgan fingerprint density at radius 2 is 1.76 bits per heavy atom.